The van der Waals surface area contributed by atoms with Gasteiger partial charge in [0.05, 0.1) is 13.2 Å². The van der Waals surface area contributed by atoms with Crippen molar-refractivity contribution in [1.82, 2.24) is 4.90 Å². The molecule has 1 fully saturated rings. The molecule has 2 N–H and O–H groups in total. The number of benzene rings is 1. The van der Waals surface area contributed by atoms with Crippen molar-refractivity contribution in [3.8, 4) is 0 Å². The second-order valence-electron chi connectivity index (χ2n) is 4.09. The van der Waals surface area contributed by atoms with Crippen LogP contribution in [-0.2, 0) is 16.1 Å². The number of nitrogens with two attached hydrogens (primary N) is 1. The van der Waals surface area contributed by atoms with Crippen molar-refractivity contribution in [1.29, 1.82) is 0 Å². The first-order chi connectivity index (χ1) is 8.16. The Hall–Kier alpha value is -1.46. The molecule has 5 heteroatoms. The standard InChI is InChI=1S/C12H15FN2O2/c13-10-3-1-2-9(6-10)7-15-4-5-17-8-11(15)12(14)16/h1-3,6,11H,4-5,7-8H2,(H2,14,16). The number of hydrogen-bond donors (Lipinski definition) is 1. The minimum Gasteiger partial charge on any atom is -0.378 e. The maximum atomic E-state index is 13.0. The van der Waals surface area contributed by atoms with Crippen molar-refractivity contribution >= 4 is 5.91 Å². The van der Waals surface area contributed by atoms with Crippen LogP contribution in [0.3, 0.4) is 0 Å². The quantitative estimate of drug-likeness (QED) is 0.835. The Morgan fingerprint density at radius 1 is 1.59 bits per heavy atom. The number of primary amides is 1. The Morgan fingerprint density at radius 2 is 2.41 bits per heavy atom. The average Bonchev–Trinajstić information content (AvgIpc) is 2.29. The molecule has 1 atom stereocenters. The van der Waals surface area contributed by atoms with E-state index >= 15 is 0 Å². The van der Waals surface area contributed by atoms with Crippen molar-refractivity contribution in [2.24, 2.45) is 5.73 Å². The third kappa shape index (κ3) is 3.01. The maximum absolute atomic E-state index is 13.0. The van der Waals surface area contributed by atoms with Gasteiger partial charge in [0.1, 0.15) is 11.9 Å². The molecular formula is C12H15FN2O2. The number of ether oxygens (including phenoxy) is 1. The molecule has 4 nitrogen and oxygen atoms in total. The van der Waals surface area contributed by atoms with Crippen LogP contribution in [0.4, 0.5) is 4.39 Å². The number of halogens is 1. The Balaban J connectivity index is 2.08. The molecule has 1 aromatic carbocycles. The number of morpholine rings is 1. The van der Waals surface area contributed by atoms with Gasteiger partial charge in [-0.05, 0) is 17.7 Å². The zero-order valence-corrected chi connectivity index (χ0v) is 9.43. The molecule has 0 radical (unpaired) electrons. The number of hydrogen-bond acceptors (Lipinski definition) is 3. The van der Waals surface area contributed by atoms with E-state index < -0.39 is 11.9 Å². The minimum atomic E-state index is -0.424. The molecule has 17 heavy (non-hydrogen) atoms. The first-order valence-corrected chi connectivity index (χ1v) is 5.52. The predicted molar refractivity (Wildman–Crippen MR) is 60.6 cm³/mol. The van der Waals surface area contributed by atoms with E-state index in [4.69, 9.17) is 10.5 Å². The molecule has 1 amide bonds. The summed E-state index contributed by atoms with van der Waals surface area (Å²) in [4.78, 5) is 13.2. The Labute approximate surface area is 99.2 Å². The van der Waals surface area contributed by atoms with Crippen molar-refractivity contribution in [3.05, 3.63) is 35.6 Å². The highest BCUT2D eigenvalue weighted by Crippen LogP contribution is 2.13. The highest BCUT2D eigenvalue weighted by molar-refractivity contribution is 5.80. The maximum Gasteiger partial charge on any atom is 0.237 e. The molecule has 0 spiro atoms. The monoisotopic (exact) mass is 238 g/mol. The average molecular weight is 238 g/mol. The van der Waals surface area contributed by atoms with Crippen LogP contribution in [0.1, 0.15) is 5.56 Å². The molecule has 0 aromatic heterocycles. The van der Waals surface area contributed by atoms with E-state index in [1.807, 2.05) is 11.0 Å². The van der Waals surface area contributed by atoms with Gasteiger partial charge in [0, 0.05) is 13.1 Å². The summed E-state index contributed by atoms with van der Waals surface area (Å²) < 4.78 is 18.3. The second-order valence-corrected chi connectivity index (χ2v) is 4.09. The lowest BCUT2D eigenvalue weighted by Crippen LogP contribution is -2.51. The van der Waals surface area contributed by atoms with Gasteiger partial charge in [0.15, 0.2) is 0 Å². The Morgan fingerprint density at radius 3 is 3.12 bits per heavy atom. The third-order valence-electron chi connectivity index (χ3n) is 2.84. The van der Waals surface area contributed by atoms with E-state index in [0.717, 1.165) is 5.56 Å². The van der Waals surface area contributed by atoms with Crippen LogP contribution in [0.2, 0.25) is 0 Å². The molecule has 1 aliphatic rings. The van der Waals surface area contributed by atoms with Crippen molar-refractivity contribution in [2.75, 3.05) is 19.8 Å². The van der Waals surface area contributed by atoms with Crippen LogP contribution in [0.25, 0.3) is 0 Å². The zero-order valence-electron chi connectivity index (χ0n) is 9.43. The summed E-state index contributed by atoms with van der Waals surface area (Å²) in [7, 11) is 0. The lowest BCUT2D eigenvalue weighted by Gasteiger charge is -2.33. The lowest BCUT2D eigenvalue weighted by molar-refractivity contribution is -0.129. The third-order valence-corrected chi connectivity index (χ3v) is 2.84. The number of amides is 1. The second kappa shape index (κ2) is 5.25. The van der Waals surface area contributed by atoms with Crippen LogP contribution >= 0.6 is 0 Å². The first-order valence-electron chi connectivity index (χ1n) is 5.52. The SMILES string of the molecule is NC(=O)C1COCCN1Cc1cccc(F)c1. The van der Waals surface area contributed by atoms with Gasteiger partial charge in [0.25, 0.3) is 0 Å². The lowest BCUT2D eigenvalue weighted by atomic mass is 10.1. The van der Waals surface area contributed by atoms with Crippen LogP contribution in [0.15, 0.2) is 24.3 Å². The van der Waals surface area contributed by atoms with E-state index in [0.29, 0.717) is 26.3 Å². The summed E-state index contributed by atoms with van der Waals surface area (Å²) in [6.45, 7) is 2.02. The van der Waals surface area contributed by atoms with Gasteiger partial charge in [0.2, 0.25) is 5.91 Å². The van der Waals surface area contributed by atoms with Crippen molar-refractivity contribution in [2.45, 2.75) is 12.6 Å². The van der Waals surface area contributed by atoms with Crippen LogP contribution in [0.5, 0.6) is 0 Å². The summed E-state index contributed by atoms with van der Waals surface area (Å²) >= 11 is 0. The van der Waals surface area contributed by atoms with E-state index in [1.54, 1.807) is 6.07 Å². The summed E-state index contributed by atoms with van der Waals surface area (Å²) in [6.07, 6.45) is 0. The van der Waals surface area contributed by atoms with Gasteiger partial charge in [-0.2, -0.15) is 0 Å². The van der Waals surface area contributed by atoms with E-state index in [-0.39, 0.29) is 5.82 Å². The number of carbonyl (C=O) groups is 1. The summed E-state index contributed by atoms with van der Waals surface area (Å²) in [5, 5.41) is 0. The van der Waals surface area contributed by atoms with Crippen molar-refractivity contribution < 1.29 is 13.9 Å². The fourth-order valence-corrected chi connectivity index (χ4v) is 1.96. The van der Waals surface area contributed by atoms with Crippen molar-refractivity contribution in [3.63, 3.8) is 0 Å². The fourth-order valence-electron chi connectivity index (χ4n) is 1.96. The van der Waals surface area contributed by atoms with Gasteiger partial charge in [-0.3, -0.25) is 9.69 Å². The predicted octanol–water partition coefficient (Wildman–Crippen LogP) is 0.512. The molecule has 1 heterocycles. The molecule has 1 saturated heterocycles. The van der Waals surface area contributed by atoms with Crippen LogP contribution in [-0.4, -0.2) is 36.6 Å². The van der Waals surface area contributed by atoms with Crippen LogP contribution in [0, 0.1) is 5.82 Å². The fraction of sp³-hybridized carbons (Fsp3) is 0.417. The Bertz CT molecular complexity index is 411. The smallest absolute Gasteiger partial charge is 0.237 e. The van der Waals surface area contributed by atoms with Crippen LogP contribution < -0.4 is 5.73 Å². The molecule has 0 saturated carbocycles. The highest BCUT2D eigenvalue weighted by Gasteiger charge is 2.27. The minimum absolute atomic E-state index is 0.272. The summed E-state index contributed by atoms with van der Waals surface area (Å²) in [6, 6.07) is 5.93. The normalized spacial score (nSPS) is 21.4. The molecule has 0 bridgehead atoms. The topological polar surface area (TPSA) is 55.6 Å². The van der Waals surface area contributed by atoms with E-state index in [2.05, 4.69) is 0 Å². The highest BCUT2D eigenvalue weighted by atomic mass is 19.1. The largest absolute Gasteiger partial charge is 0.378 e. The number of rotatable bonds is 3. The molecular weight excluding hydrogens is 223 g/mol. The van der Waals surface area contributed by atoms with Gasteiger partial charge in [-0.15, -0.1) is 0 Å². The Kier molecular flexibility index (Phi) is 3.71. The van der Waals surface area contributed by atoms with Gasteiger partial charge < -0.3 is 10.5 Å². The first kappa shape index (κ1) is 12.0. The van der Waals surface area contributed by atoms with E-state index in [1.165, 1.54) is 12.1 Å². The molecule has 92 valence electrons. The molecule has 1 aromatic rings. The molecule has 2 rings (SSSR count). The molecule has 1 aliphatic heterocycles. The van der Waals surface area contributed by atoms with Gasteiger partial charge in [-0.25, -0.2) is 4.39 Å². The van der Waals surface area contributed by atoms with Gasteiger partial charge >= 0.3 is 0 Å². The summed E-state index contributed by atoms with van der Waals surface area (Å²) in [5.74, 6) is -0.674. The van der Waals surface area contributed by atoms with Gasteiger partial charge in [-0.1, -0.05) is 12.1 Å². The number of nitrogens with zero attached hydrogens (tertiary/aromatic N) is 1. The zero-order chi connectivity index (χ0) is 12.3. The summed E-state index contributed by atoms with van der Waals surface area (Å²) in [5.41, 5.74) is 6.14. The molecule has 0 aliphatic carbocycles. The van der Waals surface area contributed by atoms with E-state index in [9.17, 15) is 9.18 Å². The molecule has 1 unspecified atom stereocenters. The number of carbonyl (C=O) groups excluding carboxylic acids is 1.